The minimum Gasteiger partial charge on any atom is -0.503 e. The van der Waals surface area contributed by atoms with Gasteiger partial charge in [0.2, 0.25) is 0 Å². The van der Waals surface area contributed by atoms with Crippen molar-refractivity contribution in [3.63, 3.8) is 0 Å². The highest BCUT2D eigenvalue weighted by atomic mass is 35.5. The molecule has 6 nitrogen and oxygen atoms in total. The number of carbonyl (C=O) groups is 3. The summed E-state index contributed by atoms with van der Waals surface area (Å²) in [4.78, 5) is 37.2. The third kappa shape index (κ3) is 2.95. The van der Waals surface area contributed by atoms with Crippen LogP contribution < -0.4 is 4.90 Å². The molecule has 2 N–H and O–H groups in total. The van der Waals surface area contributed by atoms with Crippen LogP contribution in [0.2, 0.25) is 5.02 Å². The Bertz CT molecular complexity index is 949. The van der Waals surface area contributed by atoms with Gasteiger partial charge >= 0.3 is 5.97 Å². The van der Waals surface area contributed by atoms with E-state index < -0.39 is 29.5 Å². The first kappa shape index (κ1) is 17.7. The number of anilines is 1. The van der Waals surface area contributed by atoms with E-state index in [1.54, 1.807) is 30.3 Å². The van der Waals surface area contributed by atoms with E-state index in [0.29, 0.717) is 10.6 Å². The summed E-state index contributed by atoms with van der Waals surface area (Å²) in [6, 6.07) is 11.4. The van der Waals surface area contributed by atoms with Gasteiger partial charge in [-0.05, 0) is 42.8 Å². The van der Waals surface area contributed by atoms with E-state index in [2.05, 4.69) is 0 Å². The average Bonchev–Trinajstić information content (AvgIpc) is 2.87. The van der Waals surface area contributed by atoms with Crippen molar-refractivity contribution < 1.29 is 24.6 Å². The number of ketones is 1. The van der Waals surface area contributed by atoms with E-state index in [0.717, 1.165) is 0 Å². The normalized spacial score (nSPS) is 16.9. The number of carbonyl (C=O) groups excluding carboxylic acids is 2. The van der Waals surface area contributed by atoms with Gasteiger partial charge in [0.1, 0.15) is 0 Å². The van der Waals surface area contributed by atoms with Crippen LogP contribution in [0.15, 0.2) is 59.9 Å². The van der Waals surface area contributed by atoms with Gasteiger partial charge in [-0.25, -0.2) is 4.79 Å². The molecule has 26 heavy (non-hydrogen) atoms. The SMILES string of the molecule is CC(=O)C1=C(O)C(=O)N(c2cccc(C(=O)O)c2)C1c1ccc(Cl)cc1. The molecule has 1 unspecified atom stereocenters. The summed E-state index contributed by atoms with van der Waals surface area (Å²) in [6.45, 7) is 1.26. The number of nitrogens with zero attached hydrogens (tertiary/aromatic N) is 1. The fourth-order valence-electron chi connectivity index (χ4n) is 2.98. The van der Waals surface area contributed by atoms with Crippen LogP contribution in [0.25, 0.3) is 0 Å². The largest absolute Gasteiger partial charge is 0.503 e. The molecule has 0 spiro atoms. The van der Waals surface area contributed by atoms with Crippen molar-refractivity contribution in [3.8, 4) is 0 Å². The Labute approximate surface area is 153 Å². The van der Waals surface area contributed by atoms with Gasteiger partial charge in [0.25, 0.3) is 5.91 Å². The van der Waals surface area contributed by atoms with E-state index >= 15 is 0 Å². The van der Waals surface area contributed by atoms with Crippen LogP contribution in [-0.2, 0) is 9.59 Å². The smallest absolute Gasteiger partial charge is 0.335 e. The monoisotopic (exact) mass is 371 g/mol. The van der Waals surface area contributed by atoms with Crippen LogP contribution in [0.5, 0.6) is 0 Å². The highest BCUT2D eigenvalue weighted by Gasteiger charge is 2.43. The number of rotatable bonds is 4. The number of aromatic carboxylic acids is 1. The molecule has 0 aromatic heterocycles. The molecule has 2 aromatic carbocycles. The predicted molar refractivity (Wildman–Crippen MR) is 95.4 cm³/mol. The number of amides is 1. The lowest BCUT2D eigenvalue weighted by Gasteiger charge is -2.27. The van der Waals surface area contributed by atoms with E-state index in [1.165, 1.54) is 30.0 Å². The van der Waals surface area contributed by atoms with Gasteiger partial charge in [0.05, 0.1) is 17.2 Å². The van der Waals surface area contributed by atoms with Crippen molar-refractivity contribution in [1.29, 1.82) is 0 Å². The second-order valence-electron chi connectivity index (χ2n) is 5.80. The Kier molecular flexibility index (Phi) is 4.52. The minimum absolute atomic E-state index is 0.0130. The number of halogens is 1. The zero-order chi connectivity index (χ0) is 19.0. The number of aliphatic hydroxyl groups excluding tert-OH is 1. The molecule has 1 amide bonds. The third-order valence-corrected chi connectivity index (χ3v) is 4.40. The Morgan fingerprint density at radius 3 is 2.35 bits per heavy atom. The zero-order valence-corrected chi connectivity index (χ0v) is 14.4. The summed E-state index contributed by atoms with van der Waals surface area (Å²) in [5.41, 5.74) is 0.773. The van der Waals surface area contributed by atoms with Crippen LogP contribution in [0.1, 0.15) is 28.9 Å². The Hall–Kier alpha value is -3.12. The first-order valence-corrected chi connectivity index (χ1v) is 8.05. The van der Waals surface area contributed by atoms with Crippen molar-refractivity contribution in [3.05, 3.63) is 76.0 Å². The highest BCUT2D eigenvalue weighted by Crippen LogP contribution is 2.41. The van der Waals surface area contributed by atoms with Crippen molar-refractivity contribution in [2.75, 3.05) is 4.90 Å². The van der Waals surface area contributed by atoms with Crippen LogP contribution in [0, 0.1) is 0 Å². The maximum Gasteiger partial charge on any atom is 0.335 e. The van der Waals surface area contributed by atoms with E-state index in [-0.39, 0.29) is 16.8 Å². The summed E-state index contributed by atoms with van der Waals surface area (Å²) in [6.07, 6.45) is 0. The van der Waals surface area contributed by atoms with Gasteiger partial charge in [-0.15, -0.1) is 0 Å². The molecule has 0 radical (unpaired) electrons. The third-order valence-electron chi connectivity index (χ3n) is 4.14. The first-order chi connectivity index (χ1) is 12.3. The van der Waals surface area contributed by atoms with Gasteiger partial charge in [0.15, 0.2) is 11.5 Å². The Balaban J connectivity index is 2.18. The van der Waals surface area contributed by atoms with Crippen LogP contribution >= 0.6 is 11.6 Å². The minimum atomic E-state index is -1.15. The lowest BCUT2D eigenvalue weighted by molar-refractivity contribution is -0.117. The molecule has 0 saturated carbocycles. The molecule has 3 rings (SSSR count). The first-order valence-electron chi connectivity index (χ1n) is 7.67. The number of carboxylic acid groups (broad SMARTS) is 1. The van der Waals surface area contributed by atoms with E-state index in [4.69, 9.17) is 11.6 Å². The molecule has 2 aromatic rings. The van der Waals surface area contributed by atoms with E-state index in [9.17, 15) is 24.6 Å². The lowest BCUT2D eigenvalue weighted by atomic mass is 9.96. The fraction of sp³-hybridized carbons (Fsp3) is 0.105. The number of aliphatic hydroxyl groups is 1. The number of Topliss-reactive ketones (excluding diaryl/α,β-unsaturated/α-hetero) is 1. The van der Waals surface area contributed by atoms with Crippen molar-refractivity contribution in [1.82, 2.24) is 0 Å². The second kappa shape index (κ2) is 6.65. The summed E-state index contributed by atoms with van der Waals surface area (Å²) in [5.74, 6) is -3.01. The molecule has 0 fully saturated rings. The number of hydrogen-bond acceptors (Lipinski definition) is 4. The van der Waals surface area contributed by atoms with Gasteiger partial charge in [-0.2, -0.15) is 0 Å². The van der Waals surface area contributed by atoms with Gasteiger partial charge < -0.3 is 10.2 Å². The summed E-state index contributed by atoms with van der Waals surface area (Å²) in [7, 11) is 0. The molecular weight excluding hydrogens is 358 g/mol. The molecule has 1 aliphatic rings. The van der Waals surface area contributed by atoms with Crippen LogP contribution in [0.4, 0.5) is 5.69 Å². The van der Waals surface area contributed by atoms with Crippen LogP contribution in [0.3, 0.4) is 0 Å². The van der Waals surface area contributed by atoms with Crippen molar-refractivity contribution in [2.45, 2.75) is 13.0 Å². The number of benzene rings is 2. The Morgan fingerprint density at radius 1 is 1.12 bits per heavy atom. The van der Waals surface area contributed by atoms with Gasteiger partial charge in [0, 0.05) is 10.7 Å². The van der Waals surface area contributed by atoms with Gasteiger partial charge in [-0.1, -0.05) is 29.8 Å². The van der Waals surface area contributed by atoms with Crippen LogP contribution in [-0.4, -0.2) is 27.9 Å². The molecule has 0 aliphatic carbocycles. The maximum absolute atomic E-state index is 12.6. The van der Waals surface area contributed by atoms with Gasteiger partial charge in [-0.3, -0.25) is 14.5 Å². The molecule has 1 atom stereocenters. The summed E-state index contributed by atoms with van der Waals surface area (Å²) >= 11 is 5.91. The summed E-state index contributed by atoms with van der Waals surface area (Å²) < 4.78 is 0. The predicted octanol–water partition coefficient (Wildman–Crippen LogP) is 3.53. The molecule has 1 aliphatic heterocycles. The van der Waals surface area contributed by atoms with E-state index in [1.807, 2.05) is 0 Å². The molecule has 0 saturated heterocycles. The zero-order valence-electron chi connectivity index (χ0n) is 13.6. The van der Waals surface area contributed by atoms with Crippen molar-refractivity contribution in [2.24, 2.45) is 0 Å². The molecule has 132 valence electrons. The molecule has 0 bridgehead atoms. The highest BCUT2D eigenvalue weighted by molar-refractivity contribution is 6.30. The fourth-order valence-corrected chi connectivity index (χ4v) is 3.11. The summed E-state index contributed by atoms with van der Waals surface area (Å²) in [5, 5.41) is 19.9. The molecule has 7 heteroatoms. The average molecular weight is 372 g/mol. The quantitative estimate of drug-likeness (QED) is 0.857. The standard InChI is InChI=1S/C19H14ClNO5/c1-10(22)15-16(11-5-7-13(20)8-6-11)21(18(24)17(15)23)14-4-2-3-12(9-14)19(25)26/h2-9,16,23H,1H3,(H,25,26). The second-order valence-corrected chi connectivity index (χ2v) is 6.24. The maximum atomic E-state index is 12.6. The number of hydrogen-bond donors (Lipinski definition) is 2. The lowest BCUT2D eigenvalue weighted by Crippen LogP contribution is -2.31. The molecular formula is C19H14ClNO5. The topological polar surface area (TPSA) is 94.9 Å². The Morgan fingerprint density at radius 2 is 1.77 bits per heavy atom. The molecule has 1 heterocycles. The number of carboxylic acids is 1. The van der Waals surface area contributed by atoms with Crippen molar-refractivity contribution >= 4 is 34.9 Å².